The monoisotopic (exact) mass is 548 g/mol. The largest absolute Gasteiger partial charge is 0.466 e. The molecule has 0 bridgehead atoms. The van der Waals surface area contributed by atoms with E-state index in [2.05, 4.69) is 10.6 Å². The Morgan fingerprint density at radius 3 is 2.15 bits per heavy atom. The molecule has 0 fully saturated rings. The minimum Gasteiger partial charge on any atom is -0.466 e. The van der Waals surface area contributed by atoms with Gasteiger partial charge in [0.2, 0.25) is 17.7 Å². The molecule has 2 atom stereocenters. The maximum atomic E-state index is 14.1. The van der Waals surface area contributed by atoms with Crippen LogP contribution < -0.4 is 16.4 Å². The van der Waals surface area contributed by atoms with E-state index in [9.17, 15) is 24.0 Å². The van der Waals surface area contributed by atoms with Crippen LogP contribution in [0.1, 0.15) is 84.0 Å². The Morgan fingerprint density at radius 2 is 1.64 bits per heavy atom. The predicted octanol–water partition coefficient (Wildman–Crippen LogP) is 2.81. The van der Waals surface area contributed by atoms with Crippen LogP contribution in [0.2, 0.25) is 0 Å². The van der Waals surface area contributed by atoms with Gasteiger partial charge in [-0.25, -0.2) is 4.79 Å². The summed E-state index contributed by atoms with van der Waals surface area (Å²) < 4.78 is 10.2. The molecule has 0 aliphatic rings. The third kappa shape index (κ3) is 10.6. The Balaban J connectivity index is 3.58. The van der Waals surface area contributed by atoms with E-state index in [0.717, 1.165) is 11.1 Å². The SMILES string of the molecule is CCOC(=O)CCNC(=O)C(c1cccc(C)c1C)N(C(=O)C(CC(N)=O)NC(=O)OC(C)(C)C)C(C)(C)C. The number of rotatable bonds is 11. The molecule has 11 nitrogen and oxygen atoms in total. The lowest BCUT2D eigenvalue weighted by Crippen LogP contribution is -2.59. The zero-order valence-corrected chi connectivity index (χ0v) is 24.6. The zero-order valence-electron chi connectivity index (χ0n) is 24.6. The van der Waals surface area contributed by atoms with Crippen LogP contribution in [0.15, 0.2) is 18.2 Å². The van der Waals surface area contributed by atoms with Gasteiger partial charge in [0.05, 0.1) is 19.4 Å². The zero-order chi connectivity index (χ0) is 30.1. The second-order valence-electron chi connectivity index (χ2n) is 11.3. The number of aryl methyl sites for hydroxylation is 1. The van der Waals surface area contributed by atoms with Gasteiger partial charge in [0.25, 0.3) is 0 Å². The van der Waals surface area contributed by atoms with E-state index < -0.39 is 59.4 Å². The van der Waals surface area contributed by atoms with Crippen LogP contribution in [0.3, 0.4) is 0 Å². The minimum atomic E-state index is -1.39. The normalized spacial score (nSPS) is 13.1. The predicted molar refractivity (Wildman–Crippen MR) is 146 cm³/mol. The fourth-order valence-corrected chi connectivity index (χ4v) is 3.95. The van der Waals surface area contributed by atoms with Gasteiger partial charge in [0.15, 0.2) is 0 Å². The lowest BCUT2D eigenvalue weighted by Gasteiger charge is -2.43. The van der Waals surface area contributed by atoms with Gasteiger partial charge in [-0.05, 0) is 79.0 Å². The molecule has 2 unspecified atom stereocenters. The molecule has 11 heteroatoms. The number of nitrogens with zero attached hydrogens (tertiary/aromatic N) is 1. The van der Waals surface area contributed by atoms with E-state index in [1.165, 1.54) is 4.90 Å². The van der Waals surface area contributed by atoms with E-state index >= 15 is 0 Å². The Bertz CT molecular complexity index is 1060. The van der Waals surface area contributed by atoms with Crippen molar-refractivity contribution in [2.75, 3.05) is 13.2 Å². The number of carbonyl (C=O) groups excluding carboxylic acids is 5. The summed E-state index contributed by atoms with van der Waals surface area (Å²) in [6.07, 6.45) is -1.46. The van der Waals surface area contributed by atoms with Crippen LogP contribution in [0, 0.1) is 13.8 Å². The first-order chi connectivity index (χ1) is 17.9. The van der Waals surface area contributed by atoms with Crippen molar-refractivity contribution in [2.24, 2.45) is 5.73 Å². The Morgan fingerprint density at radius 1 is 1.03 bits per heavy atom. The number of nitrogens with two attached hydrogens (primary N) is 1. The molecule has 0 saturated carbocycles. The molecule has 1 aromatic carbocycles. The first kappa shape index (κ1) is 33.4. The molecule has 1 aromatic rings. The molecule has 4 amide bonds. The van der Waals surface area contributed by atoms with Crippen molar-refractivity contribution in [2.45, 2.75) is 98.4 Å². The van der Waals surface area contributed by atoms with Crippen molar-refractivity contribution in [3.05, 3.63) is 34.9 Å². The molecule has 0 aliphatic heterocycles. The van der Waals surface area contributed by atoms with Crippen LogP contribution in [0.4, 0.5) is 4.79 Å². The third-order valence-electron chi connectivity index (χ3n) is 5.74. The van der Waals surface area contributed by atoms with Crippen LogP contribution >= 0.6 is 0 Å². The number of primary amides is 1. The first-order valence-corrected chi connectivity index (χ1v) is 13.0. The van der Waals surface area contributed by atoms with Gasteiger partial charge in [0.1, 0.15) is 17.7 Å². The average molecular weight is 549 g/mol. The first-order valence-electron chi connectivity index (χ1n) is 13.0. The summed E-state index contributed by atoms with van der Waals surface area (Å²) in [5, 5.41) is 5.19. The molecule has 0 aromatic heterocycles. The Kier molecular flexibility index (Phi) is 12.0. The molecule has 39 heavy (non-hydrogen) atoms. The minimum absolute atomic E-state index is 0.00786. The molecule has 4 N–H and O–H groups in total. The summed E-state index contributed by atoms with van der Waals surface area (Å²) in [7, 11) is 0. The molecule has 218 valence electrons. The molecular formula is C28H44N4O7. The quantitative estimate of drug-likeness (QED) is 0.359. The molecule has 0 radical (unpaired) electrons. The van der Waals surface area contributed by atoms with Crippen LogP contribution in [0.25, 0.3) is 0 Å². The number of hydrogen-bond donors (Lipinski definition) is 3. The van der Waals surface area contributed by atoms with Crippen LogP contribution in [0.5, 0.6) is 0 Å². The van der Waals surface area contributed by atoms with Gasteiger partial charge in [-0.1, -0.05) is 18.2 Å². The van der Waals surface area contributed by atoms with Crippen molar-refractivity contribution in [3.8, 4) is 0 Å². The summed E-state index contributed by atoms with van der Waals surface area (Å²) in [6, 6.07) is 2.86. The standard InChI is InChI=1S/C28H44N4O7/c1-10-38-22(34)14-15-30-24(35)23(19-13-11-12-17(2)18(19)3)32(27(4,5)6)25(36)20(16-21(29)33)31-26(37)39-28(7,8)9/h11-13,20,23H,10,14-16H2,1-9H3,(H2,29,33)(H,30,35)(H,31,37). The van der Waals surface area contributed by atoms with Gasteiger partial charge < -0.3 is 30.7 Å². The van der Waals surface area contributed by atoms with E-state index in [4.69, 9.17) is 15.2 Å². The topological polar surface area (TPSA) is 157 Å². The van der Waals surface area contributed by atoms with Crippen molar-refractivity contribution >= 4 is 29.8 Å². The molecule has 1 rings (SSSR count). The van der Waals surface area contributed by atoms with E-state index in [1.807, 2.05) is 19.9 Å². The molecule has 0 heterocycles. The highest BCUT2D eigenvalue weighted by Crippen LogP contribution is 2.33. The molecular weight excluding hydrogens is 504 g/mol. The van der Waals surface area contributed by atoms with Crippen molar-refractivity contribution in [3.63, 3.8) is 0 Å². The summed E-state index contributed by atoms with van der Waals surface area (Å²) in [5.74, 6) is -2.52. The lowest BCUT2D eigenvalue weighted by atomic mass is 9.91. The summed E-state index contributed by atoms with van der Waals surface area (Å²) in [4.78, 5) is 65.5. The number of hydrogen-bond acceptors (Lipinski definition) is 7. The van der Waals surface area contributed by atoms with Crippen molar-refractivity contribution in [1.29, 1.82) is 0 Å². The highest BCUT2D eigenvalue weighted by Gasteiger charge is 2.42. The Hall–Kier alpha value is -3.63. The van der Waals surface area contributed by atoms with E-state index in [-0.39, 0.29) is 19.6 Å². The second-order valence-corrected chi connectivity index (χ2v) is 11.3. The van der Waals surface area contributed by atoms with E-state index in [1.54, 1.807) is 60.6 Å². The van der Waals surface area contributed by atoms with Crippen molar-refractivity contribution in [1.82, 2.24) is 15.5 Å². The fourth-order valence-electron chi connectivity index (χ4n) is 3.95. The third-order valence-corrected chi connectivity index (χ3v) is 5.74. The van der Waals surface area contributed by atoms with Crippen LogP contribution in [-0.2, 0) is 28.7 Å². The van der Waals surface area contributed by atoms with Gasteiger partial charge in [-0.15, -0.1) is 0 Å². The van der Waals surface area contributed by atoms with Gasteiger partial charge in [-0.3, -0.25) is 19.2 Å². The van der Waals surface area contributed by atoms with Gasteiger partial charge in [0, 0.05) is 12.1 Å². The molecule has 0 saturated heterocycles. The highest BCUT2D eigenvalue weighted by molar-refractivity contribution is 5.95. The fraction of sp³-hybridized carbons (Fsp3) is 0.607. The molecule has 0 aliphatic carbocycles. The maximum Gasteiger partial charge on any atom is 0.408 e. The van der Waals surface area contributed by atoms with Crippen molar-refractivity contribution < 1.29 is 33.4 Å². The number of amides is 4. The van der Waals surface area contributed by atoms with Crippen LogP contribution in [-0.4, -0.2) is 65.0 Å². The highest BCUT2D eigenvalue weighted by atomic mass is 16.6. The summed E-state index contributed by atoms with van der Waals surface area (Å²) >= 11 is 0. The second kappa shape index (κ2) is 14.0. The summed E-state index contributed by atoms with van der Waals surface area (Å²) in [6.45, 7) is 15.8. The molecule has 0 spiro atoms. The van der Waals surface area contributed by atoms with Gasteiger partial charge >= 0.3 is 12.1 Å². The number of alkyl carbamates (subject to hydrolysis) is 1. The van der Waals surface area contributed by atoms with E-state index in [0.29, 0.717) is 5.56 Å². The average Bonchev–Trinajstić information content (AvgIpc) is 2.76. The number of nitrogens with one attached hydrogen (secondary N) is 2. The number of benzene rings is 1. The van der Waals surface area contributed by atoms with Gasteiger partial charge in [-0.2, -0.15) is 0 Å². The lowest BCUT2D eigenvalue weighted by molar-refractivity contribution is -0.149. The smallest absolute Gasteiger partial charge is 0.408 e. The number of esters is 1. The summed E-state index contributed by atoms with van der Waals surface area (Å²) in [5.41, 5.74) is 5.87. The number of ether oxygens (including phenoxy) is 2. The maximum absolute atomic E-state index is 14.1. The number of carbonyl (C=O) groups is 5. The Labute approximate surface area is 231 Å².